The molecule has 0 aliphatic carbocycles. The number of aromatic amines is 1. The SMILES string of the molecule is C=C(C=O)c1ncc2[nH]cnc2n1. The second-order valence-electron chi connectivity index (χ2n) is 2.48. The van der Waals surface area contributed by atoms with Gasteiger partial charge in [-0.15, -0.1) is 0 Å². The molecule has 0 atom stereocenters. The number of imidazole rings is 1. The van der Waals surface area contributed by atoms with E-state index in [0.29, 0.717) is 17.8 Å². The van der Waals surface area contributed by atoms with Crippen LogP contribution in [0.15, 0.2) is 19.1 Å². The number of fused-ring (bicyclic) bond motifs is 1. The summed E-state index contributed by atoms with van der Waals surface area (Å²) in [6, 6.07) is 0. The molecular formula is C8H6N4O. The Morgan fingerprint density at radius 1 is 1.54 bits per heavy atom. The normalized spacial score (nSPS) is 10.2. The van der Waals surface area contributed by atoms with Crippen molar-refractivity contribution in [1.29, 1.82) is 0 Å². The van der Waals surface area contributed by atoms with Gasteiger partial charge in [-0.2, -0.15) is 0 Å². The van der Waals surface area contributed by atoms with Gasteiger partial charge in [0.2, 0.25) is 0 Å². The minimum absolute atomic E-state index is 0.255. The summed E-state index contributed by atoms with van der Waals surface area (Å²) in [5, 5.41) is 0. The van der Waals surface area contributed by atoms with Crippen LogP contribution in [-0.4, -0.2) is 26.2 Å². The predicted molar refractivity (Wildman–Crippen MR) is 46.8 cm³/mol. The third-order valence-corrected chi connectivity index (χ3v) is 1.60. The first-order valence-electron chi connectivity index (χ1n) is 3.62. The van der Waals surface area contributed by atoms with E-state index < -0.39 is 0 Å². The van der Waals surface area contributed by atoms with Gasteiger partial charge in [-0.1, -0.05) is 6.58 Å². The number of rotatable bonds is 2. The van der Waals surface area contributed by atoms with E-state index in [1.165, 1.54) is 6.33 Å². The lowest BCUT2D eigenvalue weighted by Crippen LogP contribution is -1.93. The number of hydrogen-bond donors (Lipinski definition) is 1. The molecular weight excluding hydrogens is 168 g/mol. The summed E-state index contributed by atoms with van der Waals surface area (Å²) in [5.41, 5.74) is 1.53. The Kier molecular flexibility index (Phi) is 1.63. The van der Waals surface area contributed by atoms with Gasteiger partial charge in [0.05, 0.1) is 18.1 Å². The summed E-state index contributed by atoms with van der Waals surface area (Å²) < 4.78 is 0. The smallest absolute Gasteiger partial charge is 0.181 e. The predicted octanol–water partition coefficient (Wildman–Crippen LogP) is 0.565. The minimum atomic E-state index is 0.255. The summed E-state index contributed by atoms with van der Waals surface area (Å²) in [6.45, 7) is 3.50. The fourth-order valence-corrected chi connectivity index (χ4v) is 0.943. The first-order valence-corrected chi connectivity index (χ1v) is 3.62. The van der Waals surface area contributed by atoms with Gasteiger partial charge in [0, 0.05) is 0 Å². The van der Waals surface area contributed by atoms with Crippen molar-refractivity contribution >= 4 is 23.0 Å². The van der Waals surface area contributed by atoms with Crippen molar-refractivity contribution in [2.24, 2.45) is 0 Å². The molecule has 13 heavy (non-hydrogen) atoms. The highest BCUT2D eigenvalue weighted by molar-refractivity contribution is 6.04. The van der Waals surface area contributed by atoms with E-state index >= 15 is 0 Å². The maximum Gasteiger partial charge on any atom is 0.181 e. The van der Waals surface area contributed by atoms with E-state index in [1.807, 2.05) is 0 Å². The zero-order valence-electron chi connectivity index (χ0n) is 6.69. The molecule has 5 nitrogen and oxygen atoms in total. The number of hydrogen-bond acceptors (Lipinski definition) is 4. The topological polar surface area (TPSA) is 71.5 Å². The number of H-pyrrole nitrogens is 1. The van der Waals surface area contributed by atoms with E-state index in [0.717, 1.165) is 5.52 Å². The summed E-state index contributed by atoms with van der Waals surface area (Å²) in [4.78, 5) is 25.1. The van der Waals surface area contributed by atoms with Gasteiger partial charge in [0.15, 0.2) is 17.8 Å². The van der Waals surface area contributed by atoms with Crippen molar-refractivity contribution in [1.82, 2.24) is 19.9 Å². The van der Waals surface area contributed by atoms with Crippen molar-refractivity contribution < 1.29 is 4.79 Å². The fourth-order valence-electron chi connectivity index (χ4n) is 0.943. The van der Waals surface area contributed by atoms with Crippen molar-refractivity contribution in [3.05, 3.63) is 24.9 Å². The molecule has 2 heterocycles. The fraction of sp³-hybridized carbons (Fsp3) is 0. The third-order valence-electron chi connectivity index (χ3n) is 1.60. The lowest BCUT2D eigenvalue weighted by molar-refractivity contribution is -0.103. The van der Waals surface area contributed by atoms with Crippen molar-refractivity contribution in [2.45, 2.75) is 0 Å². The van der Waals surface area contributed by atoms with Crippen LogP contribution in [0.2, 0.25) is 0 Å². The standard InChI is InChI=1S/C8H6N4O/c1-5(3-13)7-9-2-6-8(12-7)11-4-10-6/h2-4H,1H2,(H,9,10,11,12). The average Bonchev–Trinajstić information content (AvgIpc) is 2.63. The monoisotopic (exact) mass is 174 g/mol. The minimum Gasteiger partial charge on any atom is -0.342 e. The first kappa shape index (κ1) is 7.60. The van der Waals surface area contributed by atoms with E-state index in [9.17, 15) is 4.79 Å². The number of nitrogens with zero attached hydrogens (tertiary/aromatic N) is 3. The number of carbonyl (C=O) groups is 1. The quantitative estimate of drug-likeness (QED) is 0.533. The van der Waals surface area contributed by atoms with Crippen molar-refractivity contribution in [2.75, 3.05) is 0 Å². The summed E-state index contributed by atoms with van der Waals surface area (Å²) in [6.07, 6.45) is 3.71. The number of carbonyl (C=O) groups excluding carboxylic acids is 1. The Bertz CT molecular complexity index is 474. The zero-order chi connectivity index (χ0) is 9.26. The number of allylic oxidation sites excluding steroid dienone is 1. The van der Waals surface area contributed by atoms with Gasteiger partial charge < -0.3 is 4.98 Å². The molecule has 0 spiro atoms. The summed E-state index contributed by atoms with van der Waals surface area (Å²) in [7, 11) is 0. The number of nitrogens with one attached hydrogen (secondary N) is 1. The van der Waals surface area contributed by atoms with Gasteiger partial charge in [-0.05, 0) is 0 Å². The summed E-state index contributed by atoms with van der Waals surface area (Å²) >= 11 is 0. The molecule has 1 N–H and O–H groups in total. The molecule has 2 rings (SSSR count). The molecule has 0 radical (unpaired) electrons. The molecule has 0 aliphatic rings. The Morgan fingerprint density at radius 2 is 2.38 bits per heavy atom. The van der Waals surface area contributed by atoms with Crippen molar-refractivity contribution in [3.63, 3.8) is 0 Å². The van der Waals surface area contributed by atoms with Gasteiger partial charge >= 0.3 is 0 Å². The second kappa shape index (κ2) is 2.78. The van der Waals surface area contributed by atoms with Crippen LogP contribution in [0.1, 0.15) is 5.82 Å². The molecule has 0 aromatic carbocycles. The van der Waals surface area contributed by atoms with Gasteiger partial charge in [0.25, 0.3) is 0 Å². The van der Waals surface area contributed by atoms with Gasteiger partial charge in [-0.25, -0.2) is 15.0 Å². The third kappa shape index (κ3) is 1.20. The lowest BCUT2D eigenvalue weighted by Gasteiger charge is -1.94. The van der Waals surface area contributed by atoms with E-state index in [1.54, 1.807) is 6.20 Å². The van der Waals surface area contributed by atoms with Crippen LogP contribution in [0.25, 0.3) is 16.7 Å². The van der Waals surface area contributed by atoms with E-state index in [4.69, 9.17) is 0 Å². The van der Waals surface area contributed by atoms with Crippen LogP contribution in [0.3, 0.4) is 0 Å². The molecule has 64 valence electrons. The largest absolute Gasteiger partial charge is 0.342 e. The Hall–Kier alpha value is -2.04. The molecule has 0 saturated heterocycles. The second-order valence-corrected chi connectivity index (χ2v) is 2.48. The van der Waals surface area contributed by atoms with Crippen LogP contribution >= 0.6 is 0 Å². The molecule has 5 heteroatoms. The van der Waals surface area contributed by atoms with Crippen LogP contribution in [0, 0.1) is 0 Å². The maximum absolute atomic E-state index is 10.4. The highest BCUT2D eigenvalue weighted by Crippen LogP contribution is 2.08. The summed E-state index contributed by atoms with van der Waals surface area (Å²) in [5.74, 6) is 0.314. The van der Waals surface area contributed by atoms with E-state index in [-0.39, 0.29) is 5.57 Å². The van der Waals surface area contributed by atoms with Crippen LogP contribution in [0.4, 0.5) is 0 Å². The molecule has 2 aromatic heterocycles. The average molecular weight is 174 g/mol. The van der Waals surface area contributed by atoms with Crippen LogP contribution in [-0.2, 0) is 4.79 Å². The Labute approximate surface area is 73.5 Å². The highest BCUT2D eigenvalue weighted by atomic mass is 16.1. The van der Waals surface area contributed by atoms with Crippen molar-refractivity contribution in [3.8, 4) is 0 Å². The highest BCUT2D eigenvalue weighted by Gasteiger charge is 2.03. The lowest BCUT2D eigenvalue weighted by atomic mass is 10.3. The number of aromatic nitrogens is 4. The Balaban J connectivity index is 2.60. The molecule has 0 aliphatic heterocycles. The van der Waals surface area contributed by atoms with Crippen LogP contribution < -0.4 is 0 Å². The molecule has 0 fully saturated rings. The molecule has 0 bridgehead atoms. The molecule has 2 aromatic rings. The van der Waals surface area contributed by atoms with Crippen LogP contribution in [0.5, 0.6) is 0 Å². The molecule has 0 unspecified atom stereocenters. The first-order chi connectivity index (χ1) is 6.31. The maximum atomic E-state index is 10.4. The van der Waals surface area contributed by atoms with Gasteiger partial charge in [-0.3, -0.25) is 4.79 Å². The van der Waals surface area contributed by atoms with E-state index in [2.05, 4.69) is 26.5 Å². The van der Waals surface area contributed by atoms with Gasteiger partial charge in [0.1, 0.15) is 5.52 Å². The zero-order valence-corrected chi connectivity index (χ0v) is 6.69. The number of aldehydes is 1. The Morgan fingerprint density at radius 3 is 3.15 bits per heavy atom. The molecule has 0 saturated carbocycles. The molecule has 0 amide bonds.